The second kappa shape index (κ2) is 1.58. The van der Waals surface area contributed by atoms with Crippen LogP contribution in [-0.4, -0.2) is 14.6 Å². The van der Waals surface area contributed by atoms with Gasteiger partial charge in [0.2, 0.25) is 3.92 Å². The van der Waals surface area contributed by atoms with E-state index in [1.807, 2.05) is 0 Å². The summed E-state index contributed by atoms with van der Waals surface area (Å²) in [5, 5.41) is 0. The van der Waals surface area contributed by atoms with Gasteiger partial charge in [0.05, 0.1) is 6.61 Å². The second-order valence-electron chi connectivity index (χ2n) is 2.01. The van der Waals surface area contributed by atoms with Crippen molar-refractivity contribution >= 4 is 0 Å². The molecule has 2 heterocycles. The summed E-state index contributed by atoms with van der Waals surface area (Å²) in [6.45, 7) is 1.06. The number of rotatable bonds is 0. The molecule has 1 nitrogen and oxygen atoms in total. The molecule has 0 aliphatic carbocycles. The fourth-order valence-electron chi connectivity index (χ4n) is 0.927. The van der Waals surface area contributed by atoms with Crippen molar-refractivity contribution in [2.75, 3.05) is 6.61 Å². The van der Waals surface area contributed by atoms with Crippen LogP contribution in [0.25, 0.3) is 0 Å². The molecule has 0 aromatic heterocycles. The normalized spacial score (nSPS) is 48.0. The summed E-state index contributed by atoms with van der Waals surface area (Å²) >= 11 is 0.548. The molecular formula is C5H8IO+. The van der Waals surface area contributed by atoms with Gasteiger partial charge in [-0.2, -0.15) is 0 Å². The molecule has 2 fully saturated rings. The summed E-state index contributed by atoms with van der Waals surface area (Å²) in [7, 11) is 0. The van der Waals surface area contributed by atoms with E-state index >= 15 is 0 Å². The molecule has 0 amide bonds. The first-order chi connectivity index (χ1) is 3.47. The topological polar surface area (TPSA) is 9.23 Å². The minimum absolute atomic E-state index is 0.548. The maximum Gasteiger partial charge on any atom is 0.319 e. The van der Waals surface area contributed by atoms with Gasteiger partial charge in [0.25, 0.3) is 4.11 Å². The van der Waals surface area contributed by atoms with Gasteiger partial charge in [-0.05, 0) is 6.42 Å². The Morgan fingerprint density at radius 2 is 2.57 bits per heavy atom. The van der Waals surface area contributed by atoms with E-state index in [9.17, 15) is 0 Å². The minimum atomic E-state index is 0.548. The molecule has 0 saturated carbocycles. The zero-order valence-electron chi connectivity index (χ0n) is 4.06. The Morgan fingerprint density at radius 3 is 3.14 bits per heavy atom. The van der Waals surface area contributed by atoms with E-state index in [2.05, 4.69) is 0 Å². The highest BCUT2D eigenvalue weighted by atomic mass is 127. The van der Waals surface area contributed by atoms with Crippen LogP contribution in [0.15, 0.2) is 0 Å². The number of alkyl halides is 2. The van der Waals surface area contributed by atoms with E-state index < -0.39 is 0 Å². The average Bonchev–Trinajstić information content (AvgIpc) is 2.41. The lowest BCUT2D eigenvalue weighted by molar-refractivity contribution is -0.540. The van der Waals surface area contributed by atoms with Gasteiger partial charge >= 0.3 is 21.2 Å². The zero-order valence-corrected chi connectivity index (χ0v) is 6.22. The quantitative estimate of drug-likeness (QED) is 0.320. The molecule has 0 aromatic carbocycles. The monoisotopic (exact) mass is 211 g/mol. The fraction of sp³-hybridized carbons (Fsp3) is 1.00. The number of halogens is 1. The number of ether oxygens (including phenoxy) is 1. The molecule has 0 radical (unpaired) electrons. The van der Waals surface area contributed by atoms with Gasteiger partial charge in [-0.15, -0.1) is 0 Å². The van der Waals surface area contributed by atoms with Crippen molar-refractivity contribution in [3.8, 4) is 0 Å². The molecule has 0 bridgehead atoms. The Labute approximate surface area is 53.7 Å². The van der Waals surface area contributed by atoms with Crippen LogP contribution in [0.4, 0.5) is 0 Å². The van der Waals surface area contributed by atoms with E-state index in [4.69, 9.17) is 4.74 Å². The van der Waals surface area contributed by atoms with Gasteiger partial charge in [-0.25, -0.2) is 0 Å². The van der Waals surface area contributed by atoms with Gasteiger partial charge in [0.15, 0.2) is 0 Å². The van der Waals surface area contributed by atoms with Gasteiger partial charge in [-0.1, -0.05) is 0 Å². The van der Waals surface area contributed by atoms with Gasteiger partial charge in [0, 0.05) is 6.42 Å². The third kappa shape index (κ3) is 0.785. The van der Waals surface area contributed by atoms with Crippen molar-refractivity contribution in [2.45, 2.75) is 20.9 Å². The van der Waals surface area contributed by atoms with Crippen LogP contribution < -0.4 is 21.2 Å². The van der Waals surface area contributed by atoms with Crippen LogP contribution in [0.5, 0.6) is 0 Å². The van der Waals surface area contributed by atoms with E-state index in [0.29, 0.717) is 21.2 Å². The van der Waals surface area contributed by atoms with Crippen LogP contribution in [0.2, 0.25) is 0 Å². The van der Waals surface area contributed by atoms with Crippen molar-refractivity contribution in [1.82, 2.24) is 0 Å². The van der Waals surface area contributed by atoms with Crippen LogP contribution in [0.1, 0.15) is 12.8 Å². The Morgan fingerprint density at radius 1 is 1.57 bits per heavy atom. The Bertz CT molecular complexity index is 74.1. The first-order valence-electron chi connectivity index (χ1n) is 2.70. The third-order valence-electron chi connectivity index (χ3n) is 1.40. The highest BCUT2D eigenvalue weighted by Crippen LogP contribution is 2.09. The molecule has 2 unspecified atom stereocenters. The van der Waals surface area contributed by atoms with E-state index in [1.165, 1.54) is 12.8 Å². The molecule has 0 spiro atoms. The van der Waals surface area contributed by atoms with Crippen LogP contribution >= 0.6 is 0 Å². The molecule has 2 rings (SSSR count). The van der Waals surface area contributed by atoms with Gasteiger partial charge < -0.3 is 4.74 Å². The number of hydrogen-bond acceptors (Lipinski definition) is 1. The number of fused-ring (bicyclic) bond motifs is 1. The van der Waals surface area contributed by atoms with E-state index in [1.54, 1.807) is 0 Å². The van der Waals surface area contributed by atoms with Crippen molar-refractivity contribution in [3.63, 3.8) is 0 Å². The van der Waals surface area contributed by atoms with Crippen LogP contribution in [0.3, 0.4) is 0 Å². The van der Waals surface area contributed by atoms with Crippen molar-refractivity contribution in [2.24, 2.45) is 0 Å². The lowest BCUT2D eigenvalue weighted by atomic mass is 10.2. The highest BCUT2D eigenvalue weighted by Gasteiger charge is 2.61. The molecule has 40 valence electrons. The van der Waals surface area contributed by atoms with Crippen molar-refractivity contribution in [1.29, 1.82) is 0 Å². The van der Waals surface area contributed by atoms with E-state index in [-0.39, 0.29) is 0 Å². The molecule has 0 N–H and O–H groups in total. The largest absolute Gasteiger partial charge is 0.332 e. The van der Waals surface area contributed by atoms with Gasteiger partial charge in [0.1, 0.15) is 0 Å². The SMILES string of the molecule is C1COC2[I+]C2C1. The number of hydrogen-bond donors (Lipinski definition) is 0. The molecule has 2 heteroatoms. The first kappa shape index (κ1) is 4.56. The van der Waals surface area contributed by atoms with E-state index in [0.717, 1.165) is 14.6 Å². The molecule has 7 heavy (non-hydrogen) atoms. The molecule has 2 aliphatic rings. The maximum atomic E-state index is 5.40. The Balaban J connectivity index is 1.95. The molecule has 2 atom stereocenters. The summed E-state index contributed by atoms with van der Waals surface area (Å²) in [6, 6.07) is 0. The average molecular weight is 211 g/mol. The first-order valence-corrected chi connectivity index (χ1v) is 5.19. The third-order valence-corrected chi connectivity index (χ3v) is 4.71. The lowest BCUT2D eigenvalue weighted by Gasteiger charge is -1.98. The summed E-state index contributed by atoms with van der Waals surface area (Å²) in [4.78, 5) is 0. The molecule has 0 aromatic rings. The summed E-state index contributed by atoms with van der Waals surface area (Å²) in [6.07, 6.45) is 2.82. The lowest BCUT2D eigenvalue weighted by Crippen LogP contribution is -3.50. The van der Waals surface area contributed by atoms with Crippen LogP contribution in [-0.2, 0) is 4.74 Å². The highest BCUT2D eigenvalue weighted by molar-refractivity contribution is 4.72. The standard InChI is InChI=1S/C5H8IO/c1-2-4-5(6-4)7-3-1/h4-5H,1-3H2/q+1. The Hall–Kier alpha value is 0.690. The smallest absolute Gasteiger partial charge is 0.319 e. The van der Waals surface area contributed by atoms with Gasteiger partial charge in [-0.3, -0.25) is 0 Å². The van der Waals surface area contributed by atoms with Crippen molar-refractivity contribution in [3.05, 3.63) is 0 Å². The summed E-state index contributed by atoms with van der Waals surface area (Å²) in [5.74, 6) is 0. The maximum absolute atomic E-state index is 5.40. The molecular weight excluding hydrogens is 203 g/mol. The van der Waals surface area contributed by atoms with Crippen LogP contribution in [0, 0.1) is 0 Å². The Kier molecular flexibility index (Phi) is 1.03. The fourth-order valence-corrected chi connectivity index (χ4v) is 3.43. The summed E-state index contributed by atoms with van der Waals surface area (Å²) in [5.41, 5.74) is 0. The van der Waals surface area contributed by atoms with Crippen molar-refractivity contribution < 1.29 is 25.9 Å². The minimum Gasteiger partial charge on any atom is -0.332 e. The molecule has 2 aliphatic heterocycles. The molecule has 2 saturated heterocycles. The zero-order chi connectivity index (χ0) is 4.69. The summed E-state index contributed by atoms with van der Waals surface area (Å²) < 4.78 is 7.30. The predicted molar refractivity (Wildman–Crippen MR) is 22.8 cm³/mol. The second-order valence-corrected chi connectivity index (χ2v) is 5.55. The predicted octanol–water partition coefficient (Wildman–Crippen LogP) is -2.41.